The molecule has 2 amide bonds. The van der Waals surface area contributed by atoms with Gasteiger partial charge in [-0.25, -0.2) is 4.79 Å². The van der Waals surface area contributed by atoms with Crippen molar-refractivity contribution in [2.24, 2.45) is 9.98 Å². The lowest BCUT2D eigenvalue weighted by atomic mass is 10.0. The molecule has 0 aliphatic carbocycles. The number of amides is 2. The minimum atomic E-state index is -0.605. The lowest BCUT2D eigenvalue weighted by molar-refractivity contribution is 0.106. The molecule has 0 N–H and O–H groups in total. The fourth-order valence-corrected chi connectivity index (χ4v) is 1.90. The summed E-state index contributed by atoms with van der Waals surface area (Å²) in [6.45, 7) is 5.61. The number of nitrogens with zero attached hydrogens (tertiary/aromatic N) is 2. The van der Waals surface area contributed by atoms with Crippen LogP contribution >= 0.6 is 11.8 Å². The second kappa shape index (κ2) is 6.99. The van der Waals surface area contributed by atoms with Crippen LogP contribution in [0.2, 0.25) is 0 Å². The molecule has 0 aromatic heterocycles. The Bertz CT molecular complexity index is 545. The third-order valence-corrected chi connectivity index (χ3v) is 3.12. The molecule has 1 aromatic carbocycles. The highest BCUT2D eigenvalue weighted by atomic mass is 32.2. The van der Waals surface area contributed by atoms with Crippen molar-refractivity contribution >= 4 is 35.0 Å². The van der Waals surface area contributed by atoms with Crippen LogP contribution in [0.15, 0.2) is 39.1 Å². The van der Waals surface area contributed by atoms with Gasteiger partial charge in [-0.15, -0.1) is 11.8 Å². The van der Waals surface area contributed by atoms with Gasteiger partial charge >= 0.3 is 6.03 Å². The van der Waals surface area contributed by atoms with E-state index in [2.05, 4.69) is 9.98 Å². The van der Waals surface area contributed by atoms with E-state index in [1.807, 2.05) is 32.2 Å². The number of ketones is 1. The first-order chi connectivity index (χ1) is 9.11. The van der Waals surface area contributed by atoms with Crippen molar-refractivity contribution in [2.45, 2.75) is 25.7 Å². The van der Waals surface area contributed by atoms with E-state index in [0.717, 1.165) is 4.90 Å². The molecule has 2 rings (SSSR count). The molecule has 0 saturated heterocycles. The molecule has 1 aliphatic heterocycles. The standard InChI is InChI=1S/C12H10N2O2S.C2H6/c1-7-10(14-12(16)13-7)11(15)8-3-5-9(17-2)6-4-8;1-2/h3-6H,1-2H3;1-2H3. The van der Waals surface area contributed by atoms with E-state index in [4.69, 9.17) is 0 Å². The largest absolute Gasteiger partial charge is 0.368 e. The summed E-state index contributed by atoms with van der Waals surface area (Å²) in [5.41, 5.74) is 1.05. The zero-order valence-corrected chi connectivity index (χ0v) is 12.2. The van der Waals surface area contributed by atoms with E-state index in [0.29, 0.717) is 11.3 Å². The highest BCUT2D eigenvalue weighted by Crippen LogP contribution is 2.16. The quantitative estimate of drug-likeness (QED) is 0.625. The SMILES string of the molecule is CC.CSc1ccc(C(=O)C2=NC(=O)N=C2C)cc1. The van der Waals surface area contributed by atoms with E-state index < -0.39 is 6.03 Å². The van der Waals surface area contributed by atoms with Crippen LogP contribution in [-0.2, 0) is 0 Å². The number of carbonyl (C=O) groups is 2. The topological polar surface area (TPSA) is 58.9 Å². The van der Waals surface area contributed by atoms with Gasteiger partial charge in [0, 0.05) is 10.5 Å². The highest BCUT2D eigenvalue weighted by molar-refractivity contribution is 7.98. The van der Waals surface area contributed by atoms with Gasteiger partial charge < -0.3 is 0 Å². The van der Waals surface area contributed by atoms with Crippen LogP contribution in [0.25, 0.3) is 0 Å². The van der Waals surface area contributed by atoms with Crippen molar-refractivity contribution in [1.82, 2.24) is 0 Å². The number of hydrogen-bond donors (Lipinski definition) is 0. The average Bonchev–Trinajstić information content (AvgIpc) is 2.79. The van der Waals surface area contributed by atoms with Crippen molar-refractivity contribution in [2.75, 3.05) is 6.26 Å². The molecule has 0 saturated carbocycles. The summed E-state index contributed by atoms with van der Waals surface area (Å²) in [6.07, 6.45) is 1.97. The normalized spacial score (nSPS) is 13.4. The molecular formula is C14H16N2O2S. The van der Waals surface area contributed by atoms with Crippen molar-refractivity contribution in [3.8, 4) is 0 Å². The molecular weight excluding hydrogens is 260 g/mol. The Hall–Kier alpha value is -1.75. The second-order valence-corrected chi connectivity index (χ2v) is 4.38. The first-order valence-corrected chi connectivity index (χ1v) is 7.21. The van der Waals surface area contributed by atoms with Gasteiger partial charge in [-0.2, -0.15) is 9.98 Å². The van der Waals surface area contributed by atoms with Crippen LogP contribution < -0.4 is 0 Å². The Morgan fingerprint density at radius 3 is 2.11 bits per heavy atom. The monoisotopic (exact) mass is 276 g/mol. The summed E-state index contributed by atoms with van der Waals surface area (Å²) in [5, 5.41) is 0. The number of rotatable bonds is 3. The maximum atomic E-state index is 12.0. The Labute approximate surface area is 117 Å². The molecule has 1 aromatic rings. The molecule has 0 bridgehead atoms. The van der Waals surface area contributed by atoms with Gasteiger partial charge in [0.15, 0.2) is 0 Å². The lowest BCUT2D eigenvalue weighted by Crippen LogP contribution is -2.19. The predicted octanol–water partition coefficient (Wildman–Crippen LogP) is 3.65. The molecule has 5 heteroatoms. The van der Waals surface area contributed by atoms with Gasteiger partial charge in [-0.3, -0.25) is 4.79 Å². The zero-order chi connectivity index (χ0) is 14.4. The predicted molar refractivity (Wildman–Crippen MR) is 79.8 cm³/mol. The average molecular weight is 276 g/mol. The number of thioether (sulfide) groups is 1. The summed E-state index contributed by atoms with van der Waals surface area (Å²) in [5.74, 6) is -0.259. The molecule has 1 aliphatic rings. The minimum absolute atomic E-state index is 0.145. The summed E-state index contributed by atoms with van der Waals surface area (Å²) in [6, 6.07) is 6.58. The molecule has 4 nitrogen and oxygen atoms in total. The van der Waals surface area contributed by atoms with Gasteiger partial charge in [0.2, 0.25) is 5.78 Å². The van der Waals surface area contributed by atoms with Crippen molar-refractivity contribution in [3.05, 3.63) is 29.8 Å². The van der Waals surface area contributed by atoms with E-state index in [9.17, 15) is 9.59 Å². The van der Waals surface area contributed by atoms with Crippen molar-refractivity contribution in [1.29, 1.82) is 0 Å². The van der Waals surface area contributed by atoms with Gasteiger partial charge in [0.25, 0.3) is 0 Å². The molecule has 19 heavy (non-hydrogen) atoms. The molecule has 0 spiro atoms. The maximum Gasteiger partial charge on any atom is 0.368 e. The Morgan fingerprint density at radius 2 is 1.68 bits per heavy atom. The van der Waals surface area contributed by atoms with Crippen molar-refractivity contribution < 1.29 is 9.59 Å². The number of hydrogen-bond acceptors (Lipinski definition) is 3. The minimum Gasteiger partial charge on any atom is -0.287 e. The van der Waals surface area contributed by atoms with Crippen LogP contribution in [0.5, 0.6) is 0 Å². The first kappa shape index (κ1) is 15.3. The number of benzene rings is 1. The highest BCUT2D eigenvalue weighted by Gasteiger charge is 2.23. The molecule has 0 atom stereocenters. The molecule has 0 fully saturated rings. The third kappa shape index (κ3) is 3.61. The van der Waals surface area contributed by atoms with E-state index in [1.165, 1.54) is 0 Å². The first-order valence-electron chi connectivity index (χ1n) is 5.99. The van der Waals surface area contributed by atoms with Crippen LogP contribution in [0, 0.1) is 0 Å². The molecule has 1 heterocycles. The Balaban J connectivity index is 0.000000861. The van der Waals surface area contributed by atoms with Crippen LogP contribution in [-0.4, -0.2) is 29.5 Å². The summed E-state index contributed by atoms with van der Waals surface area (Å²) >= 11 is 1.60. The summed E-state index contributed by atoms with van der Waals surface area (Å²) in [7, 11) is 0. The van der Waals surface area contributed by atoms with Crippen molar-refractivity contribution in [3.63, 3.8) is 0 Å². The van der Waals surface area contributed by atoms with E-state index in [1.54, 1.807) is 30.8 Å². The fourth-order valence-electron chi connectivity index (χ4n) is 1.49. The Morgan fingerprint density at radius 1 is 1.11 bits per heavy atom. The van der Waals surface area contributed by atoms with Crippen LogP contribution in [0.1, 0.15) is 31.1 Å². The zero-order valence-electron chi connectivity index (χ0n) is 11.4. The number of carbonyl (C=O) groups excluding carboxylic acids is 2. The molecule has 100 valence electrons. The number of Topliss-reactive ketones (excluding diaryl/α,β-unsaturated/α-hetero) is 1. The molecule has 0 radical (unpaired) electrons. The smallest absolute Gasteiger partial charge is 0.287 e. The fraction of sp³-hybridized carbons (Fsp3) is 0.286. The summed E-state index contributed by atoms with van der Waals surface area (Å²) in [4.78, 5) is 31.3. The van der Waals surface area contributed by atoms with Crippen LogP contribution in [0.4, 0.5) is 4.79 Å². The second-order valence-electron chi connectivity index (χ2n) is 3.50. The number of urea groups is 1. The Kier molecular flexibility index (Phi) is 5.63. The summed E-state index contributed by atoms with van der Waals surface area (Å²) < 4.78 is 0. The van der Waals surface area contributed by atoms with E-state index in [-0.39, 0.29) is 11.5 Å². The van der Waals surface area contributed by atoms with Gasteiger partial charge in [-0.1, -0.05) is 13.8 Å². The van der Waals surface area contributed by atoms with Gasteiger partial charge in [-0.05, 0) is 37.4 Å². The lowest BCUT2D eigenvalue weighted by Gasteiger charge is -2.01. The van der Waals surface area contributed by atoms with Crippen LogP contribution in [0.3, 0.4) is 0 Å². The van der Waals surface area contributed by atoms with E-state index >= 15 is 0 Å². The maximum absolute atomic E-state index is 12.0. The van der Waals surface area contributed by atoms with Gasteiger partial charge in [0.1, 0.15) is 5.71 Å². The van der Waals surface area contributed by atoms with Gasteiger partial charge in [0.05, 0.1) is 5.71 Å². The molecule has 0 unspecified atom stereocenters. The number of aliphatic imine (C=N–C) groups is 2. The third-order valence-electron chi connectivity index (χ3n) is 2.38.